The summed E-state index contributed by atoms with van der Waals surface area (Å²) in [5.41, 5.74) is -1.03. The molecule has 4 bridgehead atoms. The Morgan fingerprint density at radius 1 is 1.14 bits per heavy atom. The van der Waals surface area contributed by atoms with Crippen LogP contribution >= 0.6 is 0 Å². The van der Waals surface area contributed by atoms with Gasteiger partial charge in [0.15, 0.2) is 0 Å². The first-order chi connectivity index (χ1) is 9.87. The van der Waals surface area contributed by atoms with Crippen LogP contribution in [0.5, 0.6) is 0 Å². The van der Waals surface area contributed by atoms with E-state index in [1.54, 1.807) is 6.92 Å². The van der Waals surface area contributed by atoms with Crippen LogP contribution < -0.4 is 5.32 Å². The molecule has 118 valence electrons. The summed E-state index contributed by atoms with van der Waals surface area (Å²) < 4.78 is 0. The Morgan fingerprint density at radius 2 is 1.62 bits per heavy atom. The van der Waals surface area contributed by atoms with Gasteiger partial charge in [-0.2, -0.15) is 0 Å². The van der Waals surface area contributed by atoms with Gasteiger partial charge in [-0.15, -0.1) is 0 Å². The Balaban J connectivity index is 1.67. The lowest BCUT2D eigenvalue weighted by atomic mass is 9.49. The summed E-state index contributed by atoms with van der Waals surface area (Å²) in [6.45, 7) is 3.83. The first-order valence-corrected chi connectivity index (χ1v) is 8.38. The average Bonchev–Trinajstić information content (AvgIpc) is 2.42. The first kappa shape index (κ1) is 14.9. The summed E-state index contributed by atoms with van der Waals surface area (Å²) in [6, 6.07) is 0. The Hall–Kier alpha value is -1.06. The maximum atomic E-state index is 12.8. The maximum absolute atomic E-state index is 12.8. The minimum Gasteiger partial charge on any atom is -0.481 e. The number of nitrogens with one attached hydrogen (secondary N) is 1. The highest BCUT2D eigenvalue weighted by Crippen LogP contribution is 2.60. The van der Waals surface area contributed by atoms with E-state index < -0.39 is 11.4 Å². The van der Waals surface area contributed by atoms with Gasteiger partial charge in [-0.1, -0.05) is 6.92 Å². The third kappa shape index (κ3) is 2.47. The van der Waals surface area contributed by atoms with Crippen LogP contribution in [-0.4, -0.2) is 23.5 Å². The third-order valence-electron chi connectivity index (χ3n) is 6.46. The van der Waals surface area contributed by atoms with Gasteiger partial charge in [-0.3, -0.25) is 9.59 Å². The second kappa shape index (κ2) is 4.99. The molecule has 1 amide bonds. The lowest BCUT2D eigenvalue weighted by Crippen LogP contribution is -2.55. The van der Waals surface area contributed by atoms with Crippen molar-refractivity contribution in [2.75, 3.05) is 6.54 Å². The molecule has 0 spiro atoms. The molecule has 4 rings (SSSR count). The Bertz CT molecular complexity index is 424. The van der Waals surface area contributed by atoms with E-state index in [4.69, 9.17) is 0 Å². The summed E-state index contributed by atoms with van der Waals surface area (Å²) in [4.78, 5) is 24.1. The van der Waals surface area contributed by atoms with E-state index in [0.29, 0.717) is 6.42 Å². The molecule has 21 heavy (non-hydrogen) atoms. The van der Waals surface area contributed by atoms with Crippen LogP contribution in [0.4, 0.5) is 0 Å². The molecule has 4 nitrogen and oxygen atoms in total. The molecule has 2 N–H and O–H groups in total. The van der Waals surface area contributed by atoms with Crippen molar-refractivity contribution in [3.63, 3.8) is 0 Å². The van der Waals surface area contributed by atoms with Crippen LogP contribution in [0.25, 0.3) is 0 Å². The van der Waals surface area contributed by atoms with Crippen LogP contribution in [0.3, 0.4) is 0 Å². The molecule has 1 atom stereocenters. The highest BCUT2D eigenvalue weighted by molar-refractivity contribution is 5.84. The fraction of sp³-hybridized carbons (Fsp3) is 0.882. The minimum atomic E-state index is -0.849. The number of carbonyl (C=O) groups excluding carboxylic acids is 1. The van der Waals surface area contributed by atoms with Gasteiger partial charge < -0.3 is 10.4 Å². The molecule has 1 unspecified atom stereocenters. The highest BCUT2D eigenvalue weighted by atomic mass is 16.4. The number of carbonyl (C=O) groups is 2. The molecule has 0 radical (unpaired) electrons. The topological polar surface area (TPSA) is 66.4 Å². The first-order valence-electron chi connectivity index (χ1n) is 8.38. The highest BCUT2D eigenvalue weighted by Gasteiger charge is 2.54. The van der Waals surface area contributed by atoms with E-state index in [2.05, 4.69) is 5.32 Å². The molecular formula is C17H27NO3. The number of hydrogen-bond acceptors (Lipinski definition) is 2. The van der Waals surface area contributed by atoms with Crippen LogP contribution in [0.15, 0.2) is 0 Å². The summed E-state index contributed by atoms with van der Waals surface area (Å²) in [6.07, 6.45) is 7.56. The van der Waals surface area contributed by atoms with Crippen molar-refractivity contribution in [1.82, 2.24) is 5.32 Å². The van der Waals surface area contributed by atoms with Crippen LogP contribution in [0, 0.1) is 28.6 Å². The van der Waals surface area contributed by atoms with Gasteiger partial charge in [-0.25, -0.2) is 0 Å². The zero-order valence-corrected chi connectivity index (χ0v) is 13.2. The second-order valence-corrected chi connectivity index (χ2v) is 8.10. The predicted molar refractivity (Wildman–Crippen MR) is 79.6 cm³/mol. The van der Waals surface area contributed by atoms with E-state index in [0.717, 1.165) is 37.0 Å². The van der Waals surface area contributed by atoms with E-state index in [1.165, 1.54) is 19.3 Å². The molecule has 4 saturated carbocycles. The van der Waals surface area contributed by atoms with Gasteiger partial charge in [0.05, 0.1) is 5.41 Å². The summed E-state index contributed by atoms with van der Waals surface area (Å²) in [5.74, 6) is 1.51. The fourth-order valence-electron chi connectivity index (χ4n) is 5.20. The van der Waals surface area contributed by atoms with Gasteiger partial charge >= 0.3 is 5.97 Å². The number of rotatable bonds is 5. The average molecular weight is 293 g/mol. The molecule has 0 aliphatic heterocycles. The number of carboxylic acids is 1. The van der Waals surface area contributed by atoms with Crippen molar-refractivity contribution in [3.8, 4) is 0 Å². The molecule has 0 aromatic heterocycles. The molecule has 4 heteroatoms. The van der Waals surface area contributed by atoms with Gasteiger partial charge in [-0.05, 0) is 69.6 Å². The van der Waals surface area contributed by atoms with Crippen molar-refractivity contribution in [3.05, 3.63) is 0 Å². The number of hydrogen-bond donors (Lipinski definition) is 2. The number of carboxylic acid groups (broad SMARTS) is 1. The Labute approximate surface area is 126 Å². The van der Waals surface area contributed by atoms with E-state index in [-0.39, 0.29) is 17.9 Å². The minimum absolute atomic E-state index is 0.127. The Morgan fingerprint density at radius 3 is 2.00 bits per heavy atom. The fourth-order valence-corrected chi connectivity index (χ4v) is 5.20. The van der Waals surface area contributed by atoms with E-state index in [9.17, 15) is 14.7 Å². The third-order valence-corrected chi connectivity index (χ3v) is 6.46. The lowest BCUT2D eigenvalue weighted by Gasteiger charge is -2.55. The van der Waals surface area contributed by atoms with Crippen LogP contribution in [-0.2, 0) is 9.59 Å². The number of aliphatic carboxylic acids is 1. The van der Waals surface area contributed by atoms with Crippen molar-refractivity contribution in [2.45, 2.75) is 58.8 Å². The number of amides is 1. The zero-order chi connectivity index (χ0) is 15.3. The van der Waals surface area contributed by atoms with Gasteiger partial charge in [0.1, 0.15) is 0 Å². The summed E-state index contributed by atoms with van der Waals surface area (Å²) in [5, 5.41) is 12.3. The molecule has 4 aliphatic rings. The van der Waals surface area contributed by atoms with Gasteiger partial charge in [0.2, 0.25) is 5.91 Å². The van der Waals surface area contributed by atoms with Crippen LogP contribution in [0.2, 0.25) is 0 Å². The molecule has 0 saturated heterocycles. The van der Waals surface area contributed by atoms with Crippen LogP contribution in [0.1, 0.15) is 58.8 Å². The summed E-state index contributed by atoms with van der Waals surface area (Å²) in [7, 11) is 0. The zero-order valence-electron chi connectivity index (χ0n) is 13.2. The van der Waals surface area contributed by atoms with Crippen molar-refractivity contribution in [1.29, 1.82) is 0 Å². The quantitative estimate of drug-likeness (QED) is 0.819. The molecule has 0 aromatic rings. The van der Waals surface area contributed by atoms with Crippen molar-refractivity contribution >= 4 is 11.9 Å². The van der Waals surface area contributed by atoms with Crippen molar-refractivity contribution < 1.29 is 14.7 Å². The SMILES string of the molecule is CCC(C)(CNC(=O)C12CC3CC(CC(C3)C1)C2)C(=O)O. The normalized spacial score (nSPS) is 39.8. The smallest absolute Gasteiger partial charge is 0.311 e. The lowest BCUT2D eigenvalue weighted by molar-refractivity contribution is -0.151. The molecule has 4 fully saturated rings. The molecular weight excluding hydrogens is 266 g/mol. The standard InChI is InChI=1S/C17H27NO3/c1-3-16(2,15(20)21)10-18-14(19)17-7-11-4-12(8-17)6-13(5-11)9-17/h11-13H,3-10H2,1-2H3,(H,18,19)(H,20,21). The second-order valence-electron chi connectivity index (χ2n) is 8.10. The molecule has 0 heterocycles. The van der Waals surface area contributed by atoms with E-state index >= 15 is 0 Å². The molecule has 0 aromatic carbocycles. The van der Waals surface area contributed by atoms with Gasteiger partial charge in [0, 0.05) is 12.0 Å². The summed E-state index contributed by atoms with van der Waals surface area (Å²) >= 11 is 0. The van der Waals surface area contributed by atoms with E-state index in [1.807, 2.05) is 6.92 Å². The molecule has 4 aliphatic carbocycles. The maximum Gasteiger partial charge on any atom is 0.311 e. The Kier molecular flexibility index (Phi) is 3.53. The predicted octanol–water partition coefficient (Wildman–Crippen LogP) is 2.82. The van der Waals surface area contributed by atoms with Crippen molar-refractivity contribution in [2.24, 2.45) is 28.6 Å². The monoisotopic (exact) mass is 293 g/mol. The largest absolute Gasteiger partial charge is 0.481 e. The van der Waals surface area contributed by atoms with Gasteiger partial charge in [0.25, 0.3) is 0 Å².